The van der Waals surface area contributed by atoms with Crippen LogP contribution < -0.4 is 10.1 Å². The van der Waals surface area contributed by atoms with Gasteiger partial charge in [-0.05, 0) is 36.8 Å². The van der Waals surface area contributed by atoms with E-state index in [0.717, 1.165) is 16.8 Å². The second kappa shape index (κ2) is 8.32. The minimum Gasteiger partial charge on any atom is -0.495 e. The lowest BCUT2D eigenvalue weighted by atomic mass is 10.1. The van der Waals surface area contributed by atoms with Crippen LogP contribution in [0.5, 0.6) is 5.75 Å². The van der Waals surface area contributed by atoms with Crippen LogP contribution in [0.3, 0.4) is 0 Å². The number of amides is 1. The van der Waals surface area contributed by atoms with Gasteiger partial charge in [0.2, 0.25) is 11.1 Å². The van der Waals surface area contributed by atoms with Crippen LogP contribution in [-0.4, -0.2) is 38.6 Å². The van der Waals surface area contributed by atoms with Gasteiger partial charge in [-0.3, -0.25) is 4.79 Å². The van der Waals surface area contributed by atoms with E-state index in [4.69, 9.17) is 4.74 Å². The Labute approximate surface area is 172 Å². The molecular formula is C21H19N5O2S. The molecule has 29 heavy (non-hydrogen) atoms. The molecule has 0 aliphatic heterocycles. The second-order valence-electron chi connectivity index (χ2n) is 6.38. The predicted molar refractivity (Wildman–Crippen MR) is 113 cm³/mol. The van der Waals surface area contributed by atoms with Crippen LogP contribution in [0.15, 0.2) is 65.8 Å². The van der Waals surface area contributed by atoms with Gasteiger partial charge < -0.3 is 10.1 Å². The van der Waals surface area contributed by atoms with E-state index in [1.165, 1.54) is 11.8 Å². The van der Waals surface area contributed by atoms with Gasteiger partial charge in [0.25, 0.3) is 0 Å². The number of ether oxygens (including phenoxy) is 1. The SMILES string of the molecule is COc1ccc(C)cc1NC(=O)CSc1nnc2ccc(-c3ccccc3)nn12. The molecule has 1 amide bonds. The van der Waals surface area contributed by atoms with E-state index >= 15 is 0 Å². The van der Waals surface area contributed by atoms with Crippen LogP contribution in [0, 0.1) is 6.92 Å². The number of aromatic nitrogens is 4. The number of rotatable bonds is 6. The first-order valence-electron chi connectivity index (χ1n) is 8.99. The highest BCUT2D eigenvalue weighted by atomic mass is 32.2. The first-order valence-corrected chi connectivity index (χ1v) is 9.98. The summed E-state index contributed by atoms with van der Waals surface area (Å²) in [7, 11) is 1.58. The molecule has 0 aliphatic carbocycles. The normalized spacial score (nSPS) is 10.8. The van der Waals surface area contributed by atoms with Crippen molar-refractivity contribution in [1.82, 2.24) is 19.8 Å². The summed E-state index contributed by atoms with van der Waals surface area (Å²) in [5, 5.41) is 16.4. The zero-order chi connectivity index (χ0) is 20.2. The van der Waals surface area contributed by atoms with Crippen LogP contribution in [0.25, 0.3) is 16.9 Å². The van der Waals surface area contributed by atoms with Crippen molar-refractivity contribution in [2.24, 2.45) is 0 Å². The maximum Gasteiger partial charge on any atom is 0.234 e. The molecular weight excluding hydrogens is 386 g/mol. The second-order valence-corrected chi connectivity index (χ2v) is 7.32. The zero-order valence-corrected chi connectivity index (χ0v) is 16.8. The first kappa shape index (κ1) is 18.9. The van der Waals surface area contributed by atoms with Crippen molar-refractivity contribution in [1.29, 1.82) is 0 Å². The number of thioether (sulfide) groups is 1. The van der Waals surface area contributed by atoms with Gasteiger partial charge in [-0.1, -0.05) is 48.2 Å². The van der Waals surface area contributed by atoms with Gasteiger partial charge in [-0.2, -0.15) is 9.61 Å². The summed E-state index contributed by atoms with van der Waals surface area (Å²) in [4.78, 5) is 12.4. The Balaban J connectivity index is 1.50. The van der Waals surface area contributed by atoms with Crippen molar-refractivity contribution in [3.05, 3.63) is 66.2 Å². The molecule has 146 valence electrons. The first-order chi connectivity index (χ1) is 14.1. The molecule has 0 atom stereocenters. The van der Waals surface area contributed by atoms with E-state index in [9.17, 15) is 4.79 Å². The third-order valence-corrected chi connectivity index (χ3v) is 5.18. The van der Waals surface area contributed by atoms with E-state index in [0.29, 0.717) is 22.2 Å². The molecule has 0 radical (unpaired) electrons. The van der Waals surface area contributed by atoms with Gasteiger partial charge in [-0.25, -0.2) is 0 Å². The lowest BCUT2D eigenvalue weighted by molar-refractivity contribution is -0.113. The monoisotopic (exact) mass is 405 g/mol. The maximum atomic E-state index is 12.4. The number of fused-ring (bicyclic) bond motifs is 1. The molecule has 0 saturated heterocycles. The number of hydrogen-bond acceptors (Lipinski definition) is 6. The molecule has 0 bridgehead atoms. The highest BCUT2D eigenvalue weighted by Crippen LogP contribution is 2.26. The fourth-order valence-corrected chi connectivity index (χ4v) is 3.55. The van der Waals surface area contributed by atoms with E-state index in [1.807, 2.05) is 67.6 Å². The quantitative estimate of drug-likeness (QED) is 0.491. The number of hydrogen-bond donors (Lipinski definition) is 1. The molecule has 0 spiro atoms. The zero-order valence-electron chi connectivity index (χ0n) is 16.0. The molecule has 0 aliphatic rings. The van der Waals surface area contributed by atoms with Gasteiger partial charge in [0.05, 0.1) is 24.2 Å². The van der Waals surface area contributed by atoms with Gasteiger partial charge in [-0.15, -0.1) is 10.2 Å². The summed E-state index contributed by atoms with van der Waals surface area (Å²) >= 11 is 1.28. The Morgan fingerprint density at radius 1 is 1.10 bits per heavy atom. The summed E-state index contributed by atoms with van der Waals surface area (Å²) in [6.07, 6.45) is 0. The lowest BCUT2D eigenvalue weighted by Gasteiger charge is -2.10. The van der Waals surface area contributed by atoms with Crippen molar-refractivity contribution in [2.75, 3.05) is 18.2 Å². The maximum absolute atomic E-state index is 12.4. The Morgan fingerprint density at radius 3 is 2.72 bits per heavy atom. The minimum atomic E-state index is -0.158. The fourth-order valence-electron chi connectivity index (χ4n) is 2.86. The van der Waals surface area contributed by atoms with Gasteiger partial charge >= 0.3 is 0 Å². The van der Waals surface area contributed by atoms with Crippen LogP contribution in [0.4, 0.5) is 5.69 Å². The third-order valence-electron chi connectivity index (χ3n) is 4.27. The number of methoxy groups -OCH3 is 1. The number of carbonyl (C=O) groups is 1. The molecule has 0 fully saturated rings. The topological polar surface area (TPSA) is 81.4 Å². The number of carbonyl (C=O) groups excluding carboxylic acids is 1. The number of benzene rings is 2. The van der Waals surface area contributed by atoms with Crippen LogP contribution in [-0.2, 0) is 4.79 Å². The molecule has 0 unspecified atom stereocenters. The van der Waals surface area contributed by atoms with Gasteiger partial charge in [0.15, 0.2) is 5.65 Å². The third kappa shape index (κ3) is 4.22. The molecule has 4 aromatic rings. The molecule has 4 rings (SSSR count). The highest BCUT2D eigenvalue weighted by Gasteiger charge is 2.13. The number of anilines is 1. The Bertz CT molecular complexity index is 1160. The van der Waals surface area contributed by atoms with E-state index < -0.39 is 0 Å². The minimum absolute atomic E-state index is 0.158. The molecule has 1 N–H and O–H groups in total. The molecule has 0 saturated carbocycles. The Hall–Kier alpha value is -3.39. The molecule has 2 aromatic heterocycles. The number of nitrogens with zero attached hydrogens (tertiary/aromatic N) is 4. The van der Waals surface area contributed by atoms with Crippen molar-refractivity contribution >= 4 is 29.0 Å². The average Bonchev–Trinajstić information content (AvgIpc) is 3.15. The highest BCUT2D eigenvalue weighted by molar-refractivity contribution is 7.99. The van der Waals surface area contributed by atoms with Crippen LogP contribution >= 0.6 is 11.8 Å². The van der Waals surface area contributed by atoms with E-state index in [1.54, 1.807) is 11.6 Å². The van der Waals surface area contributed by atoms with Crippen LogP contribution in [0.1, 0.15) is 5.56 Å². The summed E-state index contributed by atoms with van der Waals surface area (Å²) in [6.45, 7) is 1.96. The lowest BCUT2D eigenvalue weighted by Crippen LogP contribution is -2.15. The van der Waals surface area contributed by atoms with E-state index in [2.05, 4.69) is 20.6 Å². The summed E-state index contributed by atoms with van der Waals surface area (Å²) in [6, 6.07) is 19.3. The summed E-state index contributed by atoms with van der Waals surface area (Å²) < 4.78 is 6.97. The average molecular weight is 405 g/mol. The predicted octanol–water partition coefficient (Wildman–Crippen LogP) is 3.84. The standard InChI is InChI=1S/C21H19N5O2S/c1-14-8-10-18(28-2)17(12-14)22-20(27)13-29-21-24-23-19-11-9-16(25-26(19)21)15-6-4-3-5-7-15/h3-12H,13H2,1-2H3,(H,22,27). The fraction of sp³-hybridized carbons (Fsp3) is 0.143. The molecule has 2 heterocycles. The Kier molecular flexibility index (Phi) is 5.44. The molecule has 8 heteroatoms. The smallest absolute Gasteiger partial charge is 0.234 e. The van der Waals surface area contributed by atoms with Gasteiger partial charge in [0.1, 0.15) is 5.75 Å². The number of nitrogens with one attached hydrogen (secondary N) is 1. The number of aryl methyl sites for hydroxylation is 1. The van der Waals surface area contributed by atoms with Crippen molar-refractivity contribution in [3.8, 4) is 17.0 Å². The summed E-state index contributed by atoms with van der Waals surface area (Å²) in [5.41, 5.74) is 4.13. The van der Waals surface area contributed by atoms with Crippen molar-refractivity contribution < 1.29 is 9.53 Å². The summed E-state index contributed by atoms with van der Waals surface area (Å²) in [5.74, 6) is 0.640. The van der Waals surface area contributed by atoms with Crippen LogP contribution in [0.2, 0.25) is 0 Å². The molecule has 2 aromatic carbocycles. The van der Waals surface area contributed by atoms with Crippen molar-refractivity contribution in [3.63, 3.8) is 0 Å². The molecule has 7 nitrogen and oxygen atoms in total. The largest absolute Gasteiger partial charge is 0.495 e. The van der Waals surface area contributed by atoms with E-state index in [-0.39, 0.29) is 11.7 Å². The van der Waals surface area contributed by atoms with Crippen molar-refractivity contribution in [2.45, 2.75) is 12.1 Å². The Morgan fingerprint density at radius 2 is 1.93 bits per heavy atom. The van der Waals surface area contributed by atoms with Gasteiger partial charge in [0, 0.05) is 5.56 Å².